The molecule has 2 heteroatoms. The smallest absolute Gasteiger partial charge is 0.0821 e. The highest BCUT2D eigenvalue weighted by molar-refractivity contribution is 9.10. The molecular weight excluding hydrogens is 324 g/mol. The molecule has 1 N–H and O–H groups in total. The minimum atomic E-state index is -0.316. The zero-order chi connectivity index (χ0) is 14.8. The second kappa shape index (κ2) is 6.50. The first-order valence-corrected chi connectivity index (χ1v) is 8.85. The van der Waals surface area contributed by atoms with Crippen molar-refractivity contribution in [3.8, 4) is 0 Å². The van der Waals surface area contributed by atoms with E-state index in [9.17, 15) is 5.11 Å². The van der Waals surface area contributed by atoms with Crippen molar-refractivity contribution < 1.29 is 5.11 Å². The van der Waals surface area contributed by atoms with E-state index in [0.717, 1.165) is 16.5 Å². The van der Waals surface area contributed by atoms with Gasteiger partial charge in [-0.2, -0.15) is 0 Å². The van der Waals surface area contributed by atoms with Crippen LogP contribution in [0.2, 0.25) is 0 Å². The van der Waals surface area contributed by atoms with Crippen LogP contribution in [-0.4, -0.2) is 5.11 Å². The van der Waals surface area contributed by atoms with E-state index >= 15 is 0 Å². The molecule has 3 unspecified atom stereocenters. The first-order chi connectivity index (χ1) is 10.2. The lowest BCUT2D eigenvalue weighted by Gasteiger charge is -2.34. The van der Waals surface area contributed by atoms with E-state index in [2.05, 4.69) is 59.3 Å². The molecule has 3 atom stereocenters. The summed E-state index contributed by atoms with van der Waals surface area (Å²) in [6.07, 6.45) is 5.90. The number of fused-ring (bicyclic) bond motifs is 1. The molecule has 3 rings (SSSR count). The summed E-state index contributed by atoms with van der Waals surface area (Å²) in [5, 5.41) is 13.3. The Morgan fingerprint density at radius 3 is 2.62 bits per heavy atom. The normalized spacial score (nSPS) is 24.1. The van der Waals surface area contributed by atoms with Crippen LogP contribution in [0.5, 0.6) is 0 Å². The molecule has 0 amide bonds. The summed E-state index contributed by atoms with van der Waals surface area (Å²) < 4.78 is 1.10. The van der Waals surface area contributed by atoms with Crippen molar-refractivity contribution in [3.05, 3.63) is 46.4 Å². The van der Waals surface area contributed by atoms with Crippen LogP contribution < -0.4 is 0 Å². The lowest BCUT2D eigenvalue weighted by Crippen LogP contribution is -2.25. The van der Waals surface area contributed by atoms with Crippen LogP contribution >= 0.6 is 15.9 Å². The highest BCUT2D eigenvalue weighted by Gasteiger charge is 2.30. The molecule has 0 aliphatic heterocycles. The largest absolute Gasteiger partial charge is 0.388 e. The molecule has 21 heavy (non-hydrogen) atoms. The maximum absolute atomic E-state index is 10.9. The summed E-state index contributed by atoms with van der Waals surface area (Å²) in [5.41, 5.74) is 1.08. The molecule has 112 valence electrons. The Hall–Kier alpha value is -0.860. The van der Waals surface area contributed by atoms with E-state index in [1.807, 2.05) is 0 Å². The summed E-state index contributed by atoms with van der Waals surface area (Å²) in [7, 11) is 0. The zero-order valence-electron chi connectivity index (χ0n) is 12.6. The van der Waals surface area contributed by atoms with Crippen LogP contribution in [0.3, 0.4) is 0 Å². The lowest BCUT2D eigenvalue weighted by atomic mass is 9.73. The maximum atomic E-state index is 10.9. The van der Waals surface area contributed by atoms with Crippen LogP contribution in [0.4, 0.5) is 0 Å². The molecule has 1 aliphatic rings. The molecule has 1 fully saturated rings. The van der Waals surface area contributed by atoms with Gasteiger partial charge in [-0.3, -0.25) is 0 Å². The van der Waals surface area contributed by atoms with E-state index in [0.29, 0.717) is 11.8 Å². The predicted molar refractivity (Wildman–Crippen MR) is 92.3 cm³/mol. The highest BCUT2D eigenvalue weighted by atomic mass is 79.9. The van der Waals surface area contributed by atoms with Gasteiger partial charge < -0.3 is 5.11 Å². The topological polar surface area (TPSA) is 20.2 Å². The fraction of sp³-hybridized carbons (Fsp3) is 0.474. The molecule has 1 nitrogen and oxygen atoms in total. The number of halogens is 1. The molecule has 2 aromatic rings. The van der Waals surface area contributed by atoms with Crippen LogP contribution in [0.15, 0.2) is 40.9 Å². The van der Waals surface area contributed by atoms with Gasteiger partial charge in [-0.25, -0.2) is 0 Å². The van der Waals surface area contributed by atoms with Gasteiger partial charge in [0.15, 0.2) is 0 Å². The molecule has 0 aromatic heterocycles. The van der Waals surface area contributed by atoms with Crippen LogP contribution in [-0.2, 0) is 0 Å². The van der Waals surface area contributed by atoms with E-state index < -0.39 is 0 Å². The SMILES string of the molecule is CCC1CCCCC1C(O)c1ccc2cc(Br)ccc2c1. The zero-order valence-corrected chi connectivity index (χ0v) is 14.1. The number of aliphatic hydroxyl groups is 1. The second-order valence-electron chi connectivity index (χ2n) is 6.31. The molecule has 0 heterocycles. The number of hydrogen-bond acceptors (Lipinski definition) is 1. The van der Waals surface area contributed by atoms with Gasteiger partial charge >= 0.3 is 0 Å². The fourth-order valence-electron chi connectivity index (χ4n) is 3.83. The number of aliphatic hydroxyl groups excluding tert-OH is 1. The average Bonchev–Trinajstić information content (AvgIpc) is 2.53. The summed E-state index contributed by atoms with van der Waals surface area (Å²) in [4.78, 5) is 0. The molecule has 0 bridgehead atoms. The molecule has 0 spiro atoms. The van der Waals surface area contributed by atoms with Crippen molar-refractivity contribution >= 4 is 26.7 Å². The van der Waals surface area contributed by atoms with Crippen molar-refractivity contribution in [2.24, 2.45) is 11.8 Å². The monoisotopic (exact) mass is 346 g/mol. The summed E-state index contributed by atoms with van der Waals surface area (Å²) >= 11 is 3.51. The molecular formula is C19H23BrO. The van der Waals surface area contributed by atoms with E-state index in [1.165, 1.54) is 36.5 Å². The Balaban J connectivity index is 1.89. The number of hydrogen-bond donors (Lipinski definition) is 1. The standard InChI is InChI=1S/C19H23BrO/c1-2-13-5-3-4-6-18(13)19(21)16-8-7-15-12-17(20)10-9-14(15)11-16/h7-13,18-19,21H,2-6H2,1H3. The van der Waals surface area contributed by atoms with E-state index in [1.54, 1.807) is 0 Å². The summed E-state index contributed by atoms with van der Waals surface area (Å²) in [6.45, 7) is 2.26. The molecule has 1 saturated carbocycles. The summed E-state index contributed by atoms with van der Waals surface area (Å²) in [5.74, 6) is 1.10. The van der Waals surface area contributed by atoms with Gasteiger partial charge in [0.2, 0.25) is 0 Å². The van der Waals surface area contributed by atoms with Gasteiger partial charge in [0.25, 0.3) is 0 Å². The molecule has 1 aliphatic carbocycles. The maximum Gasteiger partial charge on any atom is 0.0821 e. The van der Waals surface area contributed by atoms with Gasteiger partial charge in [0.1, 0.15) is 0 Å². The lowest BCUT2D eigenvalue weighted by molar-refractivity contribution is 0.0453. The van der Waals surface area contributed by atoms with Crippen molar-refractivity contribution in [2.45, 2.75) is 45.1 Å². The van der Waals surface area contributed by atoms with Gasteiger partial charge in [0, 0.05) is 4.47 Å². The third-order valence-electron chi connectivity index (χ3n) is 5.07. The number of benzene rings is 2. The fourth-order valence-corrected chi connectivity index (χ4v) is 4.20. The Morgan fingerprint density at radius 1 is 1.10 bits per heavy atom. The predicted octanol–water partition coefficient (Wildman–Crippen LogP) is 5.85. The van der Waals surface area contributed by atoms with Gasteiger partial charge in [-0.05, 0) is 52.8 Å². The second-order valence-corrected chi connectivity index (χ2v) is 7.23. The van der Waals surface area contributed by atoms with Gasteiger partial charge in [-0.15, -0.1) is 0 Å². The summed E-state index contributed by atoms with van der Waals surface area (Å²) in [6, 6.07) is 12.7. The van der Waals surface area contributed by atoms with Gasteiger partial charge in [-0.1, -0.05) is 66.7 Å². The Morgan fingerprint density at radius 2 is 1.81 bits per heavy atom. The molecule has 2 aromatic carbocycles. The van der Waals surface area contributed by atoms with Crippen molar-refractivity contribution in [3.63, 3.8) is 0 Å². The third-order valence-corrected chi connectivity index (χ3v) is 5.56. The van der Waals surface area contributed by atoms with E-state index in [4.69, 9.17) is 0 Å². The van der Waals surface area contributed by atoms with Gasteiger partial charge in [0.05, 0.1) is 6.10 Å². The first kappa shape index (κ1) is 15.1. The minimum absolute atomic E-state index is 0.316. The van der Waals surface area contributed by atoms with Crippen LogP contribution in [0.1, 0.15) is 50.7 Å². The minimum Gasteiger partial charge on any atom is -0.388 e. The van der Waals surface area contributed by atoms with Crippen LogP contribution in [0.25, 0.3) is 10.8 Å². The quantitative estimate of drug-likeness (QED) is 0.738. The Kier molecular flexibility index (Phi) is 4.66. The van der Waals surface area contributed by atoms with Crippen molar-refractivity contribution in [2.75, 3.05) is 0 Å². The average molecular weight is 347 g/mol. The molecule has 0 saturated heterocycles. The number of rotatable bonds is 3. The van der Waals surface area contributed by atoms with E-state index in [-0.39, 0.29) is 6.10 Å². The first-order valence-electron chi connectivity index (χ1n) is 8.06. The molecule has 0 radical (unpaired) electrons. The van der Waals surface area contributed by atoms with Crippen molar-refractivity contribution in [1.82, 2.24) is 0 Å². The van der Waals surface area contributed by atoms with Crippen molar-refractivity contribution in [1.29, 1.82) is 0 Å². The third kappa shape index (κ3) is 3.17. The Bertz CT molecular complexity index is 622. The van der Waals surface area contributed by atoms with Crippen LogP contribution in [0, 0.1) is 11.8 Å². The highest BCUT2D eigenvalue weighted by Crippen LogP contribution is 2.40. The Labute approximate surface area is 135 Å².